The number of aliphatic imine (C=N–C) groups is 1. The van der Waals surface area contributed by atoms with Gasteiger partial charge in [-0.15, -0.1) is 0 Å². The van der Waals surface area contributed by atoms with E-state index in [9.17, 15) is 4.79 Å². The summed E-state index contributed by atoms with van der Waals surface area (Å²) in [5.41, 5.74) is 1.13. The van der Waals surface area contributed by atoms with E-state index in [4.69, 9.17) is 0 Å². The van der Waals surface area contributed by atoms with Crippen molar-refractivity contribution >= 4 is 6.08 Å². The van der Waals surface area contributed by atoms with Gasteiger partial charge in [0, 0.05) is 0 Å². The molecule has 0 bridgehead atoms. The van der Waals surface area contributed by atoms with E-state index in [0.29, 0.717) is 6.54 Å². The van der Waals surface area contributed by atoms with Crippen LogP contribution in [0.5, 0.6) is 0 Å². The highest BCUT2D eigenvalue weighted by molar-refractivity contribution is 5.33. The Balaban J connectivity index is 3.61. The average Bonchev–Trinajstić information content (AvgIpc) is 1.85. The van der Waals surface area contributed by atoms with Gasteiger partial charge in [-0.2, -0.15) is 0 Å². The summed E-state index contributed by atoms with van der Waals surface area (Å²) >= 11 is 0. The Labute approximate surface area is 55.3 Å². The molecule has 0 heterocycles. The number of hydrogen-bond donors (Lipinski definition) is 0. The number of hydrogen-bond acceptors (Lipinski definition) is 2. The summed E-state index contributed by atoms with van der Waals surface area (Å²) in [5, 5.41) is 0. The summed E-state index contributed by atoms with van der Waals surface area (Å²) in [5.74, 6) is 0. The first-order chi connectivity index (χ1) is 4.31. The maximum atomic E-state index is 9.59. The minimum Gasteiger partial charge on any atom is -0.211 e. The van der Waals surface area contributed by atoms with Gasteiger partial charge in [-0.05, 0) is 13.3 Å². The highest BCUT2D eigenvalue weighted by Crippen LogP contribution is 1.93. The largest absolute Gasteiger partial charge is 0.235 e. The van der Waals surface area contributed by atoms with Crippen LogP contribution in [0.1, 0.15) is 20.3 Å². The van der Waals surface area contributed by atoms with E-state index in [2.05, 4.69) is 4.99 Å². The van der Waals surface area contributed by atoms with Crippen LogP contribution < -0.4 is 0 Å². The zero-order valence-electron chi connectivity index (χ0n) is 5.85. The summed E-state index contributed by atoms with van der Waals surface area (Å²) in [4.78, 5) is 13.0. The number of carbonyl (C=O) groups excluding carboxylic acids is 1. The van der Waals surface area contributed by atoms with Crippen LogP contribution in [0.4, 0.5) is 0 Å². The standard InChI is InChI=1S/C7H11NO/c1-3-4-7(2)5-8-6-9/h4H,3,5H2,1-2H3. The van der Waals surface area contributed by atoms with E-state index in [1.54, 1.807) is 0 Å². The maximum Gasteiger partial charge on any atom is 0.235 e. The monoisotopic (exact) mass is 125 g/mol. The Morgan fingerprint density at radius 2 is 2.44 bits per heavy atom. The van der Waals surface area contributed by atoms with Gasteiger partial charge in [0.1, 0.15) is 0 Å². The average molecular weight is 125 g/mol. The molecular formula is C7H11NO. The van der Waals surface area contributed by atoms with Gasteiger partial charge < -0.3 is 0 Å². The van der Waals surface area contributed by atoms with Crippen LogP contribution in [0.3, 0.4) is 0 Å². The summed E-state index contributed by atoms with van der Waals surface area (Å²) in [7, 11) is 0. The lowest BCUT2D eigenvalue weighted by molar-refractivity contribution is 0.563. The zero-order valence-corrected chi connectivity index (χ0v) is 5.85. The third-order valence-electron chi connectivity index (χ3n) is 0.946. The van der Waals surface area contributed by atoms with Crippen molar-refractivity contribution in [1.82, 2.24) is 0 Å². The molecule has 0 rings (SSSR count). The molecule has 0 aliphatic heterocycles. The van der Waals surface area contributed by atoms with Crippen LogP contribution in [0.25, 0.3) is 0 Å². The highest BCUT2D eigenvalue weighted by Gasteiger charge is 1.82. The molecule has 0 aromatic carbocycles. The van der Waals surface area contributed by atoms with Crippen LogP contribution in [0, 0.1) is 0 Å². The SMILES string of the molecule is CCC=C(C)CN=C=O. The van der Waals surface area contributed by atoms with E-state index in [0.717, 1.165) is 12.0 Å². The number of isocyanates is 1. The van der Waals surface area contributed by atoms with Crippen molar-refractivity contribution in [2.24, 2.45) is 4.99 Å². The molecule has 0 radical (unpaired) electrons. The molecule has 0 saturated heterocycles. The van der Waals surface area contributed by atoms with Gasteiger partial charge in [0.15, 0.2) is 0 Å². The fourth-order valence-electron chi connectivity index (χ4n) is 0.570. The zero-order chi connectivity index (χ0) is 7.11. The second-order valence-corrected chi connectivity index (χ2v) is 1.87. The first-order valence-electron chi connectivity index (χ1n) is 3.00. The fraction of sp³-hybridized carbons (Fsp3) is 0.571. The Bertz CT molecular complexity index is 143. The van der Waals surface area contributed by atoms with Crippen molar-refractivity contribution in [3.63, 3.8) is 0 Å². The highest BCUT2D eigenvalue weighted by atomic mass is 16.1. The van der Waals surface area contributed by atoms with E-state index in [1.165, 1.54) is 6.08 Å². The predicted octanol–water partition coefficient (Wildman–Crippen LogP) is 1.68. The van der Waals surface area contributed by atoms with Crippen molar-refractivity contribution in [2.75, 3.05) is 6.54 Å². The van der Waals surface area contributed by atoms with Gasteiger partial charge in [-0.1, -0.05) is 18.6 Å². The Kier molecular flexibility index (Phi) is 4.75. The molecule has 0 aromatic heterocycles. The molecule has 0 N–H and O–H groups in total. The first-order valence-corrected chi connectivity index (χ1v) is 3.00. The minimum atomic E-state index is 0.497. The second kappa shape index (κ2) is 5.26. The molecule has 0 spiro atoms. The van der Waals surface area contributed by atoms with Crippen LogP contribution in [-0.2, 0) is 4.79 Å². The van der Waals surface area contributed by atoms with Crippen LogP contribution in [-0.4, -0.2) is 12.6 Å². The molecule has 0 fully saturated rings. The van der Waals surface area contributed by atoms with Gasteiger partial charge in [0.05, 0.1) is 6.54 Å². The molecule has 0 aliphatic rings. The van der Waals surface area contributed by atoms with Crippen molar-refractivity contribution in [3.05, 3.63) is 11.6 Å². The van der Waals surface area contributed by atoms with E-state index < -0.39 is 0 Å². The van der Waals surface area contributed by atoms with Gasteiger partial charge in [-0.3, -0.25) is 0 Å². The van der Waals surface area contributed by atoms with Gasteiger partial charge >= 0.3 is 0 Å². The van der Waals surface area contributed by atoms with Crippen LogP contribution in [0.2, 0.25) is 0 Å². The smallest absolute Gasteiger partial charge is 0.211 e. The first kappa shape index (κ1) is 8.12. The number of rotatable bonds is 3. The summed E-state index contributed by atoms with van der Waals surface area (Å²) in [6.07, 6.45) is 4.53. The van der Waals surface area contributed by atoms with Crippen LogP contribution >= 0.6 is 0 Å². The predicted molar refractivity (Wildman–Crippen MR) is 37.0 cm³/mol. The van der Waals surface area contributed by atoms with Gasteiger partial charge in [0.2, 0.25) is 6.08 Å². The lowest BCUT2D eigenvalue weighted by Crippen LogP contribution is -1.80. The molecule has 0 amide bonds. The molecule has 2 heteroatoms. The van der Waals surface area contributed by atoms with Crippen molar-refractivity contribution in [3.8, 4) is 0 Å². The molecule has 0 unspecified atom stereocenters. The molecule has 0 aromatic rings. The summed E-state index contributed by atoms with van der Waals surface area (Å²) in [6, 6.07) is 0. The molecule has 0 atom stereocenters. The third kappa shape index (κ3) is 4.98. The number of nitrogens with zero attached hydrogens (tertiary/aromatic N) is 1. The van der Waals surface area contributed by atoms with Gasteiger partial charge in [-0.25, -0.2) is 9.79 Å². The van der Waals surface area contributed by atoms with Gasteiger partial charge in [0.25, 0.3) is 0 Å². The quantitative estimate of drug-likeness (QED) is 0.320. The Morgan fingerprint density at radius 1 is 1.78 bits per heavy atom. The molecule has 9 heavy (non-hydrogen) atoms. The van der Waals surface area contributed by atoms with E-state index >= 15 is 0 Å². The van der Waals surface area contributed by atoms with Crippen molar-refractivity contribution in [1.29, 1.82) is 0 Å². The Morgan fingerprint density at radius 3 is 2.89 bits per heavy atom. The Hall–Kier alpha value is -0.880. The molecule has 0 saturated carbocycles. The summed E-state index contributed by atoms with van der Waals surface area (Å²) < 4.78 is 0. The van der Waals surface area contributed by atoms with E-state index in [-0.39, 0.29) is 0 Å². The second-order valence-electron chi connectivity index (χ2n) is 1.87. The topological polar surface area (TPSA) is 29.4 Å². The lowest BCUT2D eigenvalue weighted by atomic mass is 10.2. The van der Waals surface area contributed by atoms with E-state index in [1.807, 2.05) is 19.9 Å². The fourth-order valence-corrected chi connectivity index (χ4v) is 0.570. The maximum absolute atomic E-state index is 9.59. The lowest BCUT2D eigenvalue weighted by Gasteiger charge is -1.88. The normalized spacial score (nSPS) is 10.7. The third-order valence-corrected chi connectivity index (χ3v) is 0.946. The molecule has 2 nitrogen and oxygen atoms in total. The van der Waals surface area contributed by atoms with Crippen molar-refractivity contribution in [2.45, 2.75) is 20.3 Å². The molecular weight excluding hydrogens is 114 g/mol. The van der Waals surface area contributed by atoms with Crippen LogP contribution in [0.15, 0.2) is 16.6 Å². The minimum absolute atomic E-state index is 0.497. The molecule has 0 aliphatic carbocycles. The summed E-state index contributed by atoms with van der Waals surface area (Å²) in [6.45, 7) is 4.50. The van der Waals surface area contributed by atoms with Crippen molar-refractivity contribution < 1.29 is 4.79 Å². The molecule has 50 valence electrons. The number of allylic oxidation sites excluding steroid dienone is 1.